The quantitative estimate of drug-likeness (QED) is 0.833. The van der Waals surface area contributed by atoms with Crippen LogP contribution in [0.5, 0.6) is 0 Å². The number of rotatable bonds is 2. The molecule has 0 saturated carbocycles. The fourth-order valence-electron chi connectivity index (χ4n) is 2.17. The monoisotopic (exact) mass is 252 g/mol. The molecule has 0 amide bonds. The van der Waals surface area contributed by atoms with Crippen molar-refractivity contribution in [3.63, 3.8) is 0 Å². The van der Waals surface area contributed by atoms with Crippen molar-refractivity contribution >= 4 is 11.7 Å². The largest absolute Gasteiger partial charge is 0.481 e. The fraction of sp³-hybridized carbons (Fsp3) is 0.462. The molecule has 1 aliphatic heterocycles. The van der Waals surface area contributed by atoms with Crippen LogP contribution in [-0.2, 0) is 4.79 Å². The first kappa shape index (κ1) is 12.8. The molecule has 0 radical (unpaired) electrons. The van der Waals surface area contributed by atoms with E-state index in [1.54, 1.807) is 12.1 Å². The van der Waals surface area contributed by atoms with Gasteiger partial charge in [-0.1, -0.05) is 0 Å². The number of hydrogen-bond acceptors (Lipinski definition) is 3. The minimum atomic E-state index is -0.802. The second-order valence-corrected chi connectivity index (χ2v) is 4.73. The van der Waals surface area contributed by atoms with Gasteiger partial charge in [0.1, 0.15) is 5.82 Å². The molecular formula is C13H17FN2O2. The Labute approximate surface area is 105 Å². The zero-order valence-electron chi connectivity index (χ0n) is 10.3. The molecule has 2 rings (SSSR count). The number of nitrogens with zero attached hydrogens (tertiary/aromatic N) is 1. The first-order valence-corrected chi connectivity index (χ1v) is 6.03. The number of benzene rings is 1. The highest BCUT2D eigenvalue weighted by molar-refractivity contribution is 5.71. The summed E-state index contributed by atoms with van der Waals surface area (Å²) >= 11 is 0. The second kappa shape index (κ2) is 5.35. The maximum atomic E-state index is 12.9. The lowest BCUT2D eigenvalue weighted by Gasteiger charge is -2.26. The number of halogens is 1. The molecule has 1 aromatic rings. The first-order chi connectivity index (χ1) is 8.56. The van der Waals surface area contributed by atoms with Crippen molar-refractivity contribution in [2.75, 3.05) is 24.5 Å². The molecule has 0 bridgehead atoms. The minimum absolute atomic E-state index is 0.208. The summed E-state index contributed by atoms with van der Waals surface area (Å²) < 4.78 is 12.9. The van der Waals surface area contributed by atoms with Crippen LogP contribution >= 0.6 is 0 Å². The van der Waals surface area contributed by atoms with Gasteiger partial charge in [0.25, 0.3) is 0 Å². The Kier molecular flexibility index (Phi) is 3.81. The third-order valence-electron chi connectivity index (χ3n) is 3.19. The summed E-state index contributed by atoms with van der Waals surface area (Å²) in [6, 6.07) is 6.38. The predicted octanol–water partition coefficient (Wildman–Crippen LogP) is 1.32. The van der Waals surface area contributed by atoms with E-state index >= 15 is 0 Å². The Balaban J connectivity index is 2.18. The topological polar surface area (TPSA) is 52.6 Å². The van der Waals surface area contributed by atoms with Gasteiger partial charge in [-0.25, -0.2) is 4.39 Å². The van der Waals surface area contributed by atoms with E-state index in [1.807, 2.05) is 11.8 Å². The molecule has 1 aromatic carbocycles. The van der Waals surface area contributed by atoms with Crippen LogP contribution in [0.3, 0.4) is 0 Å². The van der Waals surface area contributed by atoms with E-state index in [0.717, 1.165) is 12.2 Å². The van der Waals surface area contributed by atoms with E-state index in [-0.39, 0.29) is 11.9 Å². The van der Waals surface area contributed by atoms with Crippen LogP contribution in [0.1, 0.15) is 6.92 Å². The van der Waals surface area contributed by atoms with Gasteiger partial charge in [0, 0.05) is 31.4 Å². The van der Waals surface area contributed by atoms with Gasteiger partial charge in [0.15, 0.2) is 0 Å². The molecule has 18 heavy (non-hydrogen) atoms. The minimum Gasteiger partial charge on any atom is -0.481 e. The number of aliphatic carboxylic acids is 1. The van der Waals surface area contributed by atoms with Gasteiger partial charge in [-0.2, -0.15) is 0 Å². The third-order valence-corrected chi connectivity index (χ3v) is 3.19. The van der Waals surface area contributed by atoms with Crippen molar-refractivity contribution in [1.82, 2.24) is 5.32 Å². The normalized spacial score (nSPS) is 24.7. The van der Waals surface area contributed by atoms with Crippen molar-refractivity contribution in [2.45, 2.75) is 13.0 Å². The van der Waals surface area contributed by atoms with Gasteiger partial charge in [-0.15, -0.1) is 0 Å². The molecule has 0 spiro atoms. The molecule has 0 aliphatic carbocycles. The Hall–Kier alpha value is -1.62. The van der Waals surface area contributed by atoms with E-state index in [1.165, 1.54) is 12.1 Å². The summed E-state index contributed by atoms with van der Waals surface area (Å²) in [6.45, 7) is 3.64. The van der Waals surface area contributed by atoms with E-state index in [9.17, 15) is 9.18 Å². The van der Waals surface area contributed by atoms with Gasteiger partial charge in [0.05, 0.1) is 5.92 Å². The molecule has 2 atom stereocenters. The van der Waals surface area contributed by atoms with E-state index in [4.69, 9.17) is 5.11 Å². The van der Waals surface area contributed by atoms with Crippen molar-refractivity contribution < 1.29 is 14.3 Å². The highest BCUT2D eigenvalue weighted by Gasteiger charge is 2.26. The van der Waals surface area contributed by atoms with Crippen molar-refractivity contribution in [3.05, 3.63) is 30.1 Å². The molecule has 98 valence electrons. The van der Waals surface area contributed by atoms with Gasteiger partial charge >= 0.3 is 5.97 Å². The lowest BCUT2D eigenvalue weighted by atomic mass is 10.1. The Bertz CT molecular complexity index is 422. The SMILES string of the molecule is CC1CN(c2ccc(F)cc2)CC(C(=O)O)CN1. The molecular weight excluding hydrogens is 235 g/mol. The number of carbonyl (C=O) groups is 1. The average molecular weight is 252 g/mol. The lowest BCUT2D eigenvalue weighted by molar-refractivity contribution is -0.141. The molecule has 4 nitrogen and oxygen atoms in total. The molecule has 1 heterocycles. The predicted molar refractivity (Wildman–Crippen MR) is 67.2 cm³/mol. The molecule has 1 aliphatic rings. The van der Waals surface area contributed by atoms with E-state index in [2.05, 4.69) is 5.32 Å². The van der Waals surface area contributed by atoms with Gasteiger partial charge in [-0.3, -0.25) is 4.79 Å². The highest BCUT2D eigenvalue weighted by atomic mass is 19.1. The molecule has 1 fully saturated rings. The van der Waals surface area contributed by atoms with Crippen LogP contribution in [0, 0.1) is 11.7 Å². The summed E-state index contributed by atoms with van der Waals surface area (Å²) in [6.07, 6.45) is 0. The van der Waals surface area contributed by atoms with Gasteiger partial charge in [0.2, 0.25) is 0 Å². The van der Waals surface area contributed by atoms with Crippen molar-refractivity contribution in [2.24, 2.45) is 5.92 Å². The lowest BCUT2D eigenvalue weighted by Crippen LogP contribution is -2.35. The third kappa shape index (κ3) is 2.98. The molecule has 5 heteroatoms. The van der Waals surface area contributed by atoms with E-state index in [0.29, 0.717) is 13.1 Å². The van der Waals surface area contributed by atoms with Crippen LogP contribution in [0.15, 0.2) is 24.3 Å². The summed E-state index contributed by atoms with van der Waals surface area (Å²) in [5.74, 6) is -1.53. The standard InChI is InChI=1S/C13H17FN2O2/c1-9-7-16(8-10(6-15-9)13(17)18)12-4-2-11(14)3-5-12/h2-5,9-10,15H,6-8H2,1H3,(H,17,18). The number of hydrogen-bond donors (Lipinski definition) is 2. The molecule has 2 N–H and O–H groups in total. The zero-order valence-corrected chi connectivity index (χ0v) is 10.3. The summed E-state index contributed by atoms with van der Waals surface area (Å²) in [7, 11) is 0. The fourth-order valence-corrected chi connectivity index (χ4v) is 2.17. The summed E-state index contributed by atoms with van der Waals surface area (Å²) in [5, 5.41) is 12.3. The number of carboxylic acids is 1. The maximum Gasteiger partial charge on any atom is 0.309 e. The smallest absolute Gasteiger partial charge is 0.309 e. The zero-order chi connectivity index (χ0) is 13.1. The van der Waals surface area contributed by atoms with Crippen LogP contribution in [-0.4, -0.2) is 36.8 Å². The molecule has 1 saturated heterocycles. The number of carboxylic acid groups (broad SMARTS) is 1. The van der Waals surface area contributed by atoms with Crippen LogP contribution < -0.4 is 10.2 Å². The number of nitrogens with one attached hydrogen (secondary N) is 1. The van der Waals surface area contributed by atoms with Gasteiger partial charge in [-0.05, 0) is 31.2 Å². The molecule has 0 aromatic heterocycles. The highest BCUT2D eigenvalue weighted by Crippen LogP contribution is 2.18. The molecule has 2 unspecified atom stereocenters. The Morgan fingerprint density at radius 2 is 2.06 bits per heavy atom. The second-order valence-electron chi connectivity index (χ2n) is 4.73. The van der Waals surface area contributed by atoms with Crippen LogP contribution in [0.4, 0.5) is 10.1 Å². The van der Waals surface area contributed by atoms with Crippen LogP contribution in [0.25, 0.3) is 0 Å². The number of anilines is 1. The Morgan fingerprint density at radius 1 is 1.39 bits per heavy atom. The van der Waals surface area contributed by atoms with Gasteiger partial charge < -0.3 is 15.3 Å². The first-order valence-electron chi connectivity index (χ1n) is 6.03. The average Bonchev–Trinajstić information content (AvgIpc) is 2.52. The van der Waals surface area contributed by atoms with Crippen LogP contribution in [0.2, 0.25) is 0 Å². The van der Waals surface area contributed by atoms with E-state index < -0.39 is 11.9 Å². The van der Waals surface area contributed by atoms with Crippen molar-refractivity contribution in [3.8, 4) is 0 Å². The maximum absolute atomic E-state index is 12.9. The Morgan fingerprint density at radius 3 is 2.67 bits per heavy atom. The summed E-state index contributed by atoms with van der Waals surface area (Å²) in [4.78, 5) is 13.1. The van der Waals surface area contributed by atoms with Crippen molar-refractivity contribution in [1.29, 1.82) is 0 Å². The summed E-state index contributed by atoms with van der Waals surface area (Å²) in [5.41, 5.74) is 0.859.